The maximum atomic E-state index is 11.6. The van der Waals surface area contributed by atoms with Crippen LogP contribution in [0.15, 0.2) is 17.3 Å². The van der Waals surface area contributed by atoms with Crippen LogP contribution in [0.25, 0.3) is 22.7 Å². The predicted molar refractivity (Wildman–Crippen MR) is 61.1 cm³/mol. The van der Waals surface area contributed by atoms with Gasteiger partial charge in [-0.3, -0.25) is 9.78 Å². The zero-order valence-electron chi connectivity index (χ0n) is 8.93. The van der Waals surface area contributed by atoms with Crippen LogP contribution in [0.1, 0.15) is 0 Å². The van der Waals surface area contributed by atoms with Gasteiger partial charge in [0, 0.05) is 13.2 Å². The third-order valence-electron chi connectivity index (χ3n) is 2.33. The average molecular weight is 231 g/mol. The van der Waals surface area contributed by atoms with Gasteiger partial charge in [0.2, 0.25) is 5.95 Å². The number of hydrogen-bond acceptors (Lipinski definition) is 5. The lowest BCUT2D eigenvalue weighted by molar-refractivity contribution is 0.913. The van der Waals surface area contributed by atoms with Crippen molar-refractivity contribution in [2.24, 2.45) is 7.05 Å². The Bertz CT molecular complexity index is 750. The monoisotopic (exact) mass is 231 g/mol. The Morgan fingerprint density at radius 2 is 2.18 bits per heavy atom. The van der Waals surface area contributed by atoms with Gasteiger partial charge in [-0.1, -0.05) is 0 Å². The van der Waals surface area contributed by atoms with E-state index in [-0.39, 0.29) is 17.2 Å². The molecule has 0 bridgehead atoms. The first kappa shape index (κ1) is 9.58. The average Bonchev–Trinajstić information content (AvgIpc) is 2.83. The number of aromatic nitrogens is 6. The number of aromatic amines is 2. The van der Waals surface area contributed by atoms with Crippen molar-refractivity contribution in [1.82, 2.24) is 29.5 Å². The van der Waals surface area contributed by atoms with Crippen molar-refractivity contribution in [3.63, 3.8) is 0 Å². The first-order valence-corrected chi connectivity index (χ1v) is 4.87. The maximum Gasteiger partial charge on any atom is 0.278 e. The number of rotatable bonds is 1. The number of anilines is 1. The van der Waals surface area contributed by atoms with Gasteiger partial charge in [0.1, 0.15) is 5.69 Å². The van der Waals surface area contributed by atoms with E-state index in [1.54, 1.807) is 17.1 Å². The summed E-state index contributed by atoms with van der Waals surface area (Å²) in [6.07, 6.45) is 3.43. The summed E-state index contributed by atoms with van der Waals surface area (Å²) in [4.78, 5) is 29.1. The molecule has 4 N–H and O–H groups in total. The van der Waals surface area contributed by atoms with Crippen LogP contribution < -0.4 is 11.3 Å². The molecule has 0 atom stereocenters. The molecule has 3 aromatic heterocycles. The molecule has 8 nitrogen and oxygen atoms in total. The summed E-state index contributed by atoms with van der Waals surface area (Å²) in [5.41, 5.74) is 6.31. The number of hydrogen-bond donors (Lipinski definition) is 3. The zero-order valence-corrected chi connectivity index (χ0v) is 8.93. The smallest absolute Gasteiger partial charge is 0.278 e. The van der Waals surface area contributed by atoms with Gasteiger partial charge in [-0.15, -0.1) is 0 Å². The lowest BCUT2D eigenvalue weighted by Gasteiger charge is -1.89. The second-order valence-corrected chi connectivity index (χ2v) is 3.66. The van der Waals surface area contributed by atoms with E-state index >= 15 is 0 Å². The summed E-state index contributed by atoms with van der Waals surface area (Å²) in [7, 11) is 1.85. The van der Waals surface area contributed by atoms with Crippen molar-refractivity contribution < 1.29 is 0 Å². The maximum absolute atomic E-state index is 11.6. The second kappa shape index (κ2) is 3.17. The van der Waals surface area contributed by atoms with E-state index in [0.717, 1.165) is 0 Å². The Morgan fingerprint density at radius 3 is 2.88 bits per heavy atom. The predicted octanol–water partition coefficient (Wildman–Crippen LogP) is -0.371. The topological polar surface area (TPSA) is 118 Å². The third-order valence-corrected chi connectivity index (χ3v) is 2.33. The Kier molecular flexibility index (Phi) is 1.79. The first-order valence-electron chi connectivity index (χ1n) is 4.87. The number of nitrogen functional groups attached to an aromatic ring is 1. The van der Waals surface area contributed by atoms with Crippen LogP contribution in [0.5, 0.6) is 0 Å². The second-order valence-electron chi connectivity index (χ2n) is 3.66. The van der Waals surface area contributed by atoms with Crippen LogP contribution >= 0.6 is 0 Å². The molecule has 0 saturated carbocycles. The van der Waals surface area contributed by atoms with E-state index in [9.17, 15) is 4.79 Å². The number of aryl methyl sites for hydroxylation is 1. The molecular formula is C9H9N7O. The van der Waals surface area contributed by atoms with Gasteiger partial charge in [-0.05, 0) is 0 Å². The fourth-order valence-corrected chi connectivity index (χ4v) is 1.58. The zero-order chi connectivity index (χ0) is 12.0. The van der Waals surface area contributed by atoms with E-state index in [1.165, 1.54) is 0 Å². The van der Waals surface area contributed by atoms with Gasteiger partial charge in [-0.2, -0.15) is 4.98 Å². The molecular weight excluding hydrogens is 222 g/mol. The first-order chi connectivity index (χ1) is 8.13. The molecule has 0 amide bonds. The normalized spacial score (nSPS) is 11.1. The summed E-state index contributed by atoms with van der Waals surface area (Å²) < 4.78 is 1.79. The fourth-order valence-electron chi connectivity index (χ4n) is 1.58. The SMILES string of the molecule is Cn1cnc(-c2nc3nc(N)[nH]c(=O)c3[nH]2)c1. The molecule has 0 aliphatic rings. The van der Waals surface area contributed by atoms with Gasteiger partial charge in [-0.25, -0.2) is 9.97 Å². The van der Waals surface area contributed by atoms with Gasteiger partial charge >= 0.3 is 0 Å². The summed E-state index contributed by atoms with van der Waals surface area (Å²) >= 11 is 0. The molecule has 0 radical (unpaired) electrons. The molecule has 0 aromatic carbocycles. The van der Waals surface area contributed by atoms with Crippen LogP contribution in [0, 0.1) is 0 Å². The summed E-state index contributed by atoms with van der Waals surface area (Å²) in [5, 5.41) is 0. The van der Waals surface area contributed by atoms with Crippen molar-refractivity contribution in [1.29, 1.82) is 0 Å². The Labute approximate surface area is 94.5 Å². The van der Waals surface area contributed by atoms with E-state index in [2.05, 4.69) is 24.9 Å². The Morgan fingerprint density at radius 1 is 1.35 bits per heavy atom. The molecule has 86 valence electrons. The van der Waals surface area contributed by atoms with Crippen molar-refractivity contribution in [3.8, 4) is 11.5 Å². The molecule has 17 heavy (non-hydrogen) atoms. The molecule has 0 spiro atoms. The minimum atomic E-state index is -0.345. The molecule has 3 aromatic rings. The lowest BCUT2D eigenvalue weighted by atomic mass is 10.4. The van der Waals surface area contributed by atoms with Crippen LogP contribution in [0.4, 0.5) is 5.95 Å². The lowest BCUT2D eigenvalue weighted by Crippen LogP contribution is -2.10. The number of nitrogens with zero attached hydrogens (tertiary/aromatic N) is 4. The summed E-state index contributed by atoms with van der Waals surface area (Å²) in [6.45, 7) is 0. The number of H-pyrrole nitrogens is 2. The highest BCUT2D eigenvalue weighted by molar-refractivity contribution is 5.74. The van der Waals surface area contributed by atoms with Crippen molar-refractivity contribution in [3.05, 3.63) is 22.9 Å². The molecule has 3 heterocycles. The van der Waals surface area contributed by atoms with Crippen molar-refractivity contribution in [2.45, 2.75) is 0 Å². The molecule has 8 heteroatoms. The van der Waals surface area contributed by atoms with E-state index in [4.69, 9.17) is 5.73 Å². The van der Waals surface area contributed by atoms with Crippen molar-refractivity contribution >= 4 is 17.1 Å². The number of imidazole rings is 2. The van der Waals surface area contributed by atoms with Crippen LogP contribution in [0.3, 0.4) is 0 Å². The van der Waals surface area contributed by atoms with Crippen LogP contribution in [0.2, 0.25) is 0 Å². The van der Waals surface area contributed by atoms with Gasteiger partial charge in [0.05, 0.1) is 6.33 Å². The van der Waals surface area contributed by atoms with Crippen LogP contribution in [-0.2, 0) is 7.05 Å². The minimum absolute atomic E-state index is 0.0431. The molecule has 0 fully saturated rings. The highest BCUT2D eigenvalue weighted by Gasteiger charge is 2.11. The van der Waals surface area contributed by atoms with Gasteiger partial charge in [0.15, 0.2) is 17.0 Å². The molecule has 0 saturated heterocycles. The summed E-state index contributed by atoms with van der Waals surface area (Å²) in [6, 6.07) is 0. The number of nitrogens with one attached hydrogen (secondary N) is 2. The third kappa shape index (κ3) is 1.46. The van der Waals surface area contributed by atoms with E-state index in [1.807, 2.05) is 7.05 Å². The van der Waals surface area contributed by atoms with E-state index < -0.39 is 0 Å². The number of fused-ring (bicyclic) bond motifs is 1. The summed E-state index contributed by atoms with van der Waals surface area (Å²) in [5.74, 6) is 0.533. The van der Waals surface area contributed by atoms with Gasteiger partial charge in [0.25, 0.3) is 5.56 Å². The minimum Gasteiger partial charge on any atom is -0.369 e. The van der Waals surface area contributed by atoms with Gasteiger partial charge < -0.3 is 15.3 Å². The molecule has 3 rings (SSSR count). The molecule has 0 aliphatic heterocycles. The highest BCUT2D eigenvalue weighted by atomic mass is 16.1. The largest absolute Gasteiger partial charge is 0.369 e. The highest BCUT2D eigenvalue weighted by Crippen LogP contribution is 2.15. The number of nitrogens with two attached hydrogens (primary N) is 1. The van der Waals surface area contributed by atoms with Crippen molar-refractivity contribution in [2.75, 3.05) is 5.73 Å². The Balaban J connectivity index is 2.27. The molecule has 0 aliphatic carbocycles. The molecule has 0 unspecified atom stereocenters. The fraction of sp³-hybridized carbons (Fsp3) is 0.111. The standard InChI is InChI=1S/C9H9N7O/c1-16-2-4(11-3-16)6-12-5-7(13-6)14-9(10)15-8(5)17/h2-3H,1H3,(H4,10,12,13,14,15,17). The Hall–Kier alpha value is -2.64. The quantitative estimate of drug-likeness (QED) is 0.528. The van der Waals surface area contributed by atoms with E-state index in [0.29, 0.717) is 17.0 Å². The van der Waals surface area contributed by atoms with Crippen LogP contribution in [-0.4, -0.2) is 29.5 Å².